The van der Waals surface area contributed by atoms with Crippen LogP contribution >= 0.6 is 0 Å². The molecule has 3 fully saturated rings. The van der Waals surface area contributed by atoms with Crippen LogP contribution < -0.4 is 20.1 Å². The van der Waals surface area contributed by atoms with Crippen LogP contribution in [0.25, 0.3) is 0 Å². The summed E-state index contributed by atoms with van der Waals surface area (Å²) in [4.78, 5) is 25.8. The number of amides is 2. The van der Waals surface area contributed by atoms with Crippen molar-refractivity contribution in [2.75, 3.05) is 13.7 Å². The van der Waals surface area contributed by atoms with Gasteiger partial charge in [0.05, 0.1) is 12.7 Å². The van der Waals surface area contributed by atoms with Gasteiger partial charge in [0.25, 0.3) is 5.91 Å². The zero-order valence-corrected chi connectivity index (χ0v) is 17.7. The number of benzene rings is 2. The Labute approximate surface area is 182 Å². The SMILES string of the molecule is COc1ccc2c(c1)O[C@@]1(C[C@H]3CC[C@H]1C[C@H]3C(=O)NCCc1ccccc1)NC2=O. The molecule has 4 atom stereocenters. The maximum absolute atomic E-state index is 12.9. The maximum atomic E-state index is 12.9. The van der Waals surface area contributed by atoms with Crippen molar-refractivity contribution in [2.45, 2.75) is 37.8 Å². The lowest BCUT2D eigenvalue weighted by Gasteiger charge is -2.55. The number of rotatable bonds is 5. The number of hydrogen-bond donors (Lipinski definition) is 2. The highest BCUT2D eigenvalue weighted by atomic mass is 16.5. The molecule has 6 nitrogen and oxygen atoms in total. The minimum atomic E-state index is -0.722. The number of carbonyl (C=O) groups is 2. The normalized spacial score (nSPS) is 28.4. The quantitative estimate of drug-likeness (QED) is 0.778. The van der Waals surface area contributed by atoms with E-state index in [1.54, 1.807) is 25.3 Å². The van der Waals surface area contributed by atoms with Crippen LogP contribution in [0.5, 0.6) is 11.5 Å². The fraction of sp³-hybridized carbons (Fsp3) is 0.440. The summed E-state index contributed by atoms with van der Waals surface area (Å²) < 4.78 is 11.7. The lowest BCUT2D eigenvalue weighted by molar-refractivity contribution is -0.146. The molecule has 6 rings (SSSR count). The zero-order valence-electron chi connectivity index (χ0n) is 17.7. The average Bonchev–Trinajstić information content (AvgIpc) is 2.79. The Morgan fingerprint density at radius 3 is 2.81 bits per heavy atom. The van der Waals surface area contributed by atoms with Crippen molar-refractivity contribution in [2.24, 2.45) is 17.8 Å². The van der Waals surface area contributed by atoms with Gasteiger partial charge in [0.15, 0.2) is 5.72 Å². The van der Waals surface area contributed by atoms with Gasteiger partial charge in [-0.1, -0.05) is 30.3 Å². The second kappa shape index (κ2) is 7.91. The molecule has 1 spiro atoms. The van der Waals surface area contributed by atoms with E-state index in [2.05, 4.69) is 22.8 Å². The topological polar surface area (TPSA) is 76.7 Å². The van der Waals surface area contributed by atoms with Crippen LogP contribution in [0.4, 0.5) is 0 Å². The van der Waals surface area contributed by atoms with Crippen LogP contribution in [-0.2, 0) is 11.2 Å². The van der Waals surface area contributed by atoms with Crippen molar-refractivity contribution in [3.63, 3.8) is 0 Å². The van der Waals surface area contributed by atoms with Crippen LogP contribution in [0.15, 0.2) is 48.5 Å². The molecular weight excluding hydrogens is 392 g/mol. The van der Waals surface area contributed by atoms with Crippen molar-refractivity contribution < 1.29 is 19.1 Å². The summed E-state index contributed by atoms with van der Waals surface area (Å²) in [6.45, 7) is 0.641. The minimum absolute atomic E-state index is 0.0210. The summed E-state index contributed by atoms with van der Waals surface area (Å²) in [5.41, 5.74) is 1.03. The molecule has 2 bridgehead atoms. The summed E-state index contributed by atoms with van der Waals surface area (Å²) in [5, 5.41) is 6.28. The summed E-state index contributed by atoms with van der Waals surface area (Å²) in [7, 11) is 1.60. The van der Waals surface area contributed by atoms with E-state index < -0.39 is 5.72 Å². The van der Waals surface area contributed by atoms with Crippen LogP contribution in [0, 0.1) is 17.8 Å². The second-order valence-electron chi connectivity index (χ2n) is 8.92. The summed E-state index contributed by atoms with van der Waals surface area (Å²) >= 11 is 0. The number of carbonyl (C=O) groups excluding carboxylic acids is 2. The van der Waals surface area contributed by atoms with E-state index in [4.69, 9.17) is 9.47 Å². The Kier molecular flexibility index (Phi) is 5.08. The molecule has 2 amide bonds. The number of hydrogen-bond acceptors (Lipinski definition) is 4. The Balaban J connectivity index is 1.26. The van der Waals surface area contributed by atoms with Crippen molar-refractivity contribution in [3.05, 3.63) is 59.7 Å². The smallest absolute Gasteiger partial charge is 0.258 e. The first-order valence-electron chi connectivity index (χ1n) is 11.1. The van der Waals surface area contributed by atoms with Gasteiger partial charge in [-0.2, -0.15) is 0 Å². The maximum Gasteiger partial charge on any atom is 0.258 e. The minimum Gasteiger partial charge on any atom is -0.497 e. The molecule has 1 heterocycles. The fourth-order valence-electron chi connectivity index (χ4n) is 5.55. The van der Waals surface area contributed by atoms with Crippen LogP contribution in [0.1, 0.15) is 41.6 Å². The fourth-order valence-corrected chi connectivity index (χ4v) is 5.55. The third-order valence-electron chi connectivity index (χ3n) is 7.16. The van der Waals surface area contributed by atoms with Crippen LogP contribution in [0.2, 0.25) is 0 Å². The largest absolute Gasteiger partial charge is 0.497 e. The summed E-state index contributed by atoms with van der Waals surface area (Å²) in [5.74, 6) is 1.55. The second-order valence-corrected chi connectivity index (χ2v) is 8.92. The van der Waals surface area contributed by atoms with Gasteiger partial charge in [-0.25, -0.2) is 0 Å². The lowest BCUT2D eigenvalue weighted by atomic mass is 9.60. The van der Waals surface area contributed by atoms with Crippen molar-refractivity contribution in [1.29, 1.82) is 0 Å². The van der Waals surface area contributed by atoms with Crippen LogP contribution in [-0.4, -0.2) is 31.2 Å². The first kappa shape index (κ1) is 19.9. The Bertz CT molecular complexity index is 992. The Morgan fingerprint density at radius 2 is 2.06 bits per heavy atom. The van der Waals surface area contributed by atoms with Gasteiger partial charge in [0, 0.05) is 30.9 Å². The van der Waals surface area contributed by atoms with Gasteiger partial charge in [0.1, 0.15) is 11.5 Å². The molecule has 3 aliphatic carbocycles. The first-order valence-corrected chi connectivity index (χ1v) is 11.1. The predicted molar refractivity (Wildman–Crippen MR) is 116 cm³/mol. The van der Waals surface area contributed by atoms with E-state index in [-0.39, 0.29) is 29.6 Å². The average molecular weight is 421 g/mol. The van der Waals surface area contributed by atoms with Crippen molar-refractivity contribution in [3.8, 4) is 11.5 Å². The van der Waals surface area contributed by atoms with E-state index in [1.165, 1.54) is 5.56 Å². The zero-order chi connectivity index (χ0) is 21.4. The van der Waals surface area contributed by atoms with Crippen molar-refractivity contribution in [1.82, 2.24) is 10.6 Å². The van der Waals surface area contributed by atoms with Crippen molar-refractivity contribution >= 4 is 11.8 Å². The molecule has 4 aliphatic rings. The highest BCUT2D eigenvalue weighted by Gasteiger charge is 2.57. The van der Waals surface area contributed by atoms with Gasteiger partial charge in [-0.05, 0) is 49.3 Å². The summed E-state index contributed by atoms with van der Waals surface area (Å²) in [6, 6.07) is 15.5. The van der Waals surface area contributed by atoms with E-state index >= 15 is 0 Å². The highest BCUT2D eigenvalue weighted by molar-refractivity contribution is 5.98. The molecule has 2 aromatic carbocycles. The molecule has 3 saturated carbocycles. The van der Waals surface area contributed by atoms with E-state index in [0.717, 1.165) is 25.7 Å². The molecule has 1 aliphatic heterocycles. The molecule has 0 radical (unpaired) electrons. The predicted octanol–water partition coefficient (Wildman–Crippen LogP) is 3.31. The molecule has 2 aromatic rings. The number of methoxy groups -OCH3 is 1. The first-order chi connectivity index (χ1) is 15.1. The third kappa shape index (κ3) is 3.64. The molecule has 0 aromatic heterocycles. The number of nitrogens with one attached hydrogen (secondary N) is 2. The van der Waals surface area contributed by atoms with E-state index in [0.29, 0.717) is 30.0 Å². The molecule has 0 unspecified atom stereocenters. The molecule has 162 valence electrons. The highest BCUT2D eigenvalue weighted by Crippen LogP contribution is 2.52. The summed E-state index contributed by atoms with van der Waals surface area (Å²) in [6.07, 6.45) is 4.18. The Morgan fingerprint density at radius 1 is 1.23 bits per heavy atom. The van der Waals surface area contributed by atoms with Gasteiger partial charge in [-0.15, -0.1) is 0 Å². The van der Waals surface area contributed by atoms with E-state index in [1.807, 2.05) is 18.2 Å². The van der Waals surface area contributed by atoms with Gasteiger partial charge >= 0.3 is 0 Å². The standard InChI is InChI=1S/C25H28N2O4/c1-30-19-9-10-20-22(14-19)31-25(27-24(20)29)15-17-7-8-18(25)13-21(17)23(28)26-12-11-16-5-3-2-4-6-16/h2-6,9-10,14,17-18,21H,7-8,11-13,15H2,1H3,(H,26,28)(H,27,29)/t17-,18+,21-,25-/m1/s1. The monoisotopic (exact) mass is 420 g/mol. The number of ether oxygens (including phenoxy) is 2. The van der Waals surface area contributed by atoms with Gasteiger partial charge < -0.3 is 20.1 Å². The van der Waals surface area contributed by atoms with Gasteiger partial charge in [0.2, 0.25) is 5.91 Å². The molecular formula is C25H28N2O4. The van der Waals surface area contributed by atoms with E-state index in [9.17, 15) is 9.59 Å². The van der Waals surface area contributed by atoms with Crippen LogP contribution in [0.3, 0.4) is 0 Å². The number of fused-ring (bicyclic) bond motifs is 3. The molecule has 2 N–H and O–H groups in total. The molecule has 6 heteroatoms. The molecule has 31 heavy (non-hydrogen) atoms. The molecule has 0 saturated heterocycles. The third-order valence-corrected chi connectivity index (χ3v) is 7.16. The lowest BCUT2D eigenvalue weighted by Crippen LogP contribution is -2.67. The Hall–Kier alpha value is -3.02. The van der Waals surface area contributed by atoms with Gasteiger partial charge in [-0.3, -0.25) is 9.59 Å².